The van der Waals surface area contributed by atoms with Crippen LogP contribution in [0.2, 0.25) is 5.02 Å². The molecule has 134 valence electrons. The van der Waals surface area contributed by atoms with Crippen LogP contribution in [0.25, 0.3) is 0 Å². The summed E-state index contributed by atoms with van der Waals surface area (Å²) < 4.78 is 0. The highest BCUT2D eigenvalue weighted by atomic mass is 35.5. The highest BCUT2D eigenvalue weighted by Gasteiger charge is 2.44. The molecule has 0 aromatic heterocycles. The quantitative estimate of drug-likeness (QED) is 0.787. The van der Waals surface area contributed by atoms with Crippen LogP contribution in [0.1, 0.15) is 24.0 Å². The molecule has 6 heteroatoms. The Morgan fingerprint density at radius 1 is 1.11 bits per heavy atom. The number of nitriles is 2. The second-order valence-corrected chi connectivity index (χ2v) is 6.79. The van der Waals surface area contributed by atoms with Crippen LogP contribution in [0.15, 0.2) is 59.7 Å². The zero-order valence-corrected chi connectivity index (χ0v) is 15.5. The third-order valence-electron chi connectivity index (χ3n) is 4.68. The second kappa shape index (κ2) is 8.03. The van der Waals surface area contributed by atoms with Gasteiger partial charge < -0.3 is 0 Å². The Balaban J connectivity index is 1.97. The topological polar surface area (TPSA) is 80.2 Å². The molecule has 1 heterocycles. The van der Waals surface area contributed by atoms with Crippen molar-refractivity contribution >= 4 is 23.2 Å². The molecule has 5 nitrogen and oxygen atoms in total. The summed E-state index contributed by atoms with van der Waals surface area (Å²) in [7, 11) is 0. The lowest BCUT2D eigenvalue weighted by molar-refractivity contribution is -0.133. The number of benzene rings is 2. The van der Waals surface area contributed by atoms with Crippen molar-refractivity contribution in [2.24, 2.45) is 16.9 Å². The van der Waals surface area contributed by atoms with Crippen LogP contribution >= 0.6 is 11.6 Å². The third kappa shape index (κ3) is 3.69. The number of nitrogens with zero attached hydrogens (tertiary/aromatic N) is 4. The van der Waals surface area contributed by atoms with E-state index in [4.69, 9.17) is 11.6 Å². The second-order valence-electron chi connectivity index (χ2n) is 6.38. The number of hydrazone groups is 1. The monoisotopic (exact) mass is 376 g/mol. The van der Waals surface area contributed by atoms with Crippen molar-refractivity contribution in [3.63, 3.8) is 0 Å². The van der Waals surface area contributed by atoms with E-state index >= 15 is 0 Å². The van der Waals surface area contributed by atoms with E-state index in [1.807, 2.05) is 42.5 Å². The Hall–Kier alpha value is -3.15. The minimum absolute atomic E-state index is 0.225. The molecule has 2 atom stereocenters. The summed E-state index contributed by atoms with van der Waals surface area (Å²) in [4.78, 5) is 13.1. The highest BCUT2D eigenvalue weighted by molar-refractivity contribution is 6.31. The van der Waals surface area contributed by atoms with Gasteiger partial charge in [0.15, 0.2) is 0 Å². The van der Waals surface area contributed by atoms with Crippen molar-refractivity contribution < 1.29 is 4.79 Å². The van der Waals surface area contributed by atoms with Crippen molar-refractivity contribution in [2.75, 3.05) is 0 Å². The summed E-state index contributed by atoms with van der Waals surface area (Å²) in [5.41, 5.74) is 2.15. The van der Waals surface area contributed by atoms with Crippen LogP contribution in [0.4, 0.5) is 0 Å². The predicted octanol–water partition coefficient (Wildman–Crippen LogP) is 4.12. The molecule has 1 amide bonds. The minimum Gasteiger partial charge on any atom is -0.272 e. The molecule has 3 rings (SSSR count). The first-order valence-corrected chi connectivity index (χ1v) is 8.88. The van der Waals surface area contributed by atoms with Gasteiger partial charge in [-0.3, -0.25) is 4.79 Å². The average Bonchev–Trinajstić information content (AvgIpc) is 2.95. The molecule has 0 saturated heterocycles. The van der Waals surface area contributed by atoms with E-state index in [-0.39, 0.29) is 5.91 Å². The Bertz CT molecular complexity index is 944. The van der Waals surface area contributed by atoms with E-state index in [9.17, 15) is 15.3 Å². The first-order chi connectivity index (χ1) is 13.1. The summed E-state index contributed by atoms with van der Waals surface area (Å²) >= 11 is 6.33. The van der Waals surface area contributed by atoms with Gasteiger partial charge in [0, 0.05) is 16.7 Å². The van der Waals surface area contributed by atoms with Gasteiger partial charge in [-0.05, 0) is 24.1 Å². The Morgan fingerprint density at radius 2 is 1.74 bits per heavy atom. The Kier molecular flexibility index (Phi) is 5.54. The Morgan fingerprint density at radius 3 is 2.37 bits per heavy atom. The fraction of sp³-hybridized carbons (Fsp3) is 0.238. The van der Waals surface area contributed by atoms with E-state index < -0.39 is 17.8 Å². The number of amides is 1. The number of hydrogen-bond acceptors (Lipinski definition) is 4. The largest absolute Gasteiger partial charge is 0.272 e. The number of rotatable bonds is 5. The molecule has 1 aliphatic rings. The molecule has 0 N–H and O–H groups in total. The van der Waals surface area contributed by atoms with Crippen LogP contribution in [0.3, 0.4) is 0 Å². The molecular formula is C21H17ClN4O. The molecule has 0 bridgehead atoms. The molecule has 2 unspecified atom stereocenters. The fourth-order valence-corrected chi connectivity index (χ4v) is 3.67. The van der Waals surface area contributed by atoms with E-state index in [1.54, 1.807) is 31.2 Å². The number of carbonyl (C=O) groups excluding carboxylic acids is 1. The summed E-state index contributed by atoms with van der Waals surface area (Å²) in [6.07, 6.45) is 0. The van der Waals surface area contributed by atoms with Gasteiger partial charge in [-0.1, -0.05) is 60.1 Å². The zero-order chi connectivity index (χ0) is 19.4. The van der Waals surface area contributed by atoms with E-state index in [1.165, 1.54) is 5.01 Å². The maximum atomic E-state index is 13.1. The van der Waals surface area contributed by atoms with E-state index in [0.717, 1.165) is 5.56 Å². The average molecular weight is 377 g/mol. The summed E-state index contributed by atoms with van der Waals surface area (Å²) in [5, 5.41) is 25.3. The maximum Gasteiger partial charge on any atom is 0.252 e. The third-order valence-corrected chi connectivity index (χ3v) is 5.03. The zero-order valence-electron chi connectivity index (χ0n) is 14.7. The molecule has 27 heavy (non-hydrogen) atoms. The van der Waals surface area contributed by atoms with Crippen molar-refractivity contribution in [1.82, 2.24) is 5.01 Å². The summed E-state index contributed by atoms with van der Waals surface area (Å²) in [6, 6.07) is 20.6. The van der Waals surface area contributed by atoms with Gasteiger partial charge >= 0.3 is 0 Å². The number of halogens is 1. The Labute approximate surface area is 163 Å². The standard InChI is InChI=1S/C21H17ClN4O/c1-14-19(21(27)26(25-14)13-15-7-3-2-4-8-15)20(16(11-23)12-24)17-9-5-6-10-18(17)22/h2-10,16,19-20H,13H2,1H3. The smallest absolute Gasteiger partial charge is 0.252 e. The summed E-state index contributed by atoms with van der Waals surface area (Å²) in [6.45, 7) is 2.09. The lowest BCUT2D eigenvalue weighted by Gasteiger charge is -2.25. The number of carbonyl (C=O) groups is 1. The molecular weight excluding hydrogens is 360 g/mol. The van der Waals surface area contributed by atoms with Gasteiger partial charge in [-0.25, -0.2) is 5.01 Å². The van der Waals surface area contributed by atoms with Gasteiger partial charge in [-0.15, -0.1) is 0 Å². The van der Waals surface area contributed by atoms with Gasteiger partial charge in [0.2, 0.25) is 0 Å². The van der Waals surface area contributed by atoms with Crippen molar-refractivity contribution in [3.05, 3.63) is 70.7 Å². The normalized spacial score (nSPS) is 17.4. The first kappa shape index (κ1) is 18.6. The molecule has 0 radical (unpaired) electrons. The molecule has 0 saturated carbocycles. The van der Waals surface area contributed by atoms with Crippen molar-refractivity contribution in [2.45, 2.75) is 19.4 Å². The van der Waals surface area contributed by atoms with Gasteiger partial charge in [0.25, 0.3) is 5.91 Å². The molecule has 2 aromatic rings. The van der Waals surface area contributed by atoms with Gasteiger partial charge in [-0.2, -0.15) is 15.6 Å². The minimum atomic E-state index is -1.01. The SMILES string of the molecule is CC1=NN(Cc2ccccc2)C(=O)C1C(c1ccccc1Cl)C(C#N)C#N. The first-order valence-electron chi connectivity index (χ1n) is 8.51. The van der Waals surface area contributed by atoms with Crippen LogP contribution in [-0.4, -0.2) is 16.6 Å². The molecule has 0 spiro atoms. The van der Waals surface area contributed by atoms with Crippen LogP contribution in [0.5, 0.6) is 0 Å². The van der Waals surface area contributed by atoms with E-state index in [0.29, 0.717) is 22.8 Å². The molecule has 1 aliphatic heterocycles. The highest BCUT2D eigenvalue weighted by Crippen LogP contribution is 2.40. The van der Waals surface area contributed by atoms with Crippen LogP contribution in [-0.2, 0) is 11.3 Å². The summed E-state index contributed by atoms with van der Waals surface area (Å²) in [5.74, 6) is -2.61. The number of hydrogen-bond donors (Lipinski definition) is 0. The van der Waals surface area contributed by atoms with Crippen molar-refractivity contribution in [1.29, 1.82) is 10.5 Å². The predicted molar refractivity (Wildman–Crippen MR) is 103 cm³/mol. The van der Waals surface area contributed by atoms with Crippen molar-refractivity contribution in [3.8, 4) is 12.1 Å². The lowest BCUT2D eigenvalue weighted by Crippen LogP contribution is -2.34. The van der Waals surface area contributed by atoms with E-state index in [2.05, 4.69) is 5.10 Å². The lowest BCUT2D eigenvalue weighted by atomic mass is 9.75. The van der Waals surface area contributed by atoms with Gasteiger partial charge in [0.05, 0.1) is 24.6 Å². The fourth-order valence-electron chi connectivity index (χ4n) is 3.41. The van der Waals surface area contributed by atoms with Crippen LogP contribution in [0, 0.1) is 34.5 Å². The molecule has 0 aliphatic carbocycles. The molecule has 0 fully saturated rings. The van der Waals surface area contributed by atoms with Crippen LogP contribution < -0.4 is 0 Å². The maximum absolute atomic E-state index is 13.1. The molecule has 2 aromatic carbocycles. The van der Waals surface area contributed by atoms with Gasteiger partial charge in [0.1, 0.15) is 5.92 Å².